The van der Waals surface area contributed by atoms with E-state index >= 15 is 0 Å². The molecule has 0 saturated heterocycles. The Kier molecular flexibility index (Phi) is 3.78. The van der Waals surface area contributed by atoms with Crippen LogP contribution in [0.5, 0.6) is 0 Å². The van der Waals surface area contributed by atoms with Crippen LogP contribution in [0.3, 0.4) is 0 Å². The zero-order valence-corrected chi connectivity index (χ0v) is 12.3. The normalized spacial score (nSPS) is 10.6. The van der Waals surface area contributed by atoms with E-state index in [0.29, 0.717) is 16.4 Å². The lowest BCUT2D eigenvalue weighted by Gasteiger charge is -2.03. The second kappa shape index (κ2) is 5.72. The third-order valence-electron chi connectivity index (χ3n) is 3.05. The molecule has 0 unspecified atom stereocenters. The number of nitrogens with zero attached hydrogens (tertiary/aromatic N) is 2. The maximum absolute atomic E-state index is 11.6. The van der Waals surface area contributed by atoms with Gasteiger partial charge < -0.3 is 0 Å². The minimum atomic E-state index is -0.549. The van der Waals surface area contributed by atoms with Crippen LogP contribution >= 0.6 is 23.2 Å². The van der Waals surface area contributed by atoms with Crippen molar-refractivity contribution in [3.8, 4) is 16.9 Å². The van der Waals surface area contributed by atoms with E-state index in [-0.39, 0.29) is 0 Å². The summed E-state index contributed by atoms with van der Waals surface area (Å²) in [5.41, 5.74) is 2.64. The van der Waals surface area contributed by atoms with Gasteiger partial charge in [0.15, 0.2) is 0 Å². The van der Waals surface area contributed by atoms with Gasteiger partial charge in [-0.3, -0.25) is 4.79 Å². The molecule has 2 aromatic carbocycles. The van der Waals surface area contributed by atoms with Gasteiger partial charge in [-0.25, -0.2) is 4.68 Å². The molecule has 3 nitrogen and oxygen atoms in total. The Hall–Kier alpha value is -2.10. The van der Waals surface area contributed by atoms with Crippen molar-refractivity contribution in [2.75, 3.05) is 0 Å². The molecular weight excluding hydrogens is 307 g/mol. The number of rotatable bonds is 3. The van der Waals surface area contributed by atoms with Gasteiger partial charge in [0.05, 0.1) is 11.4 Å². The number of carbonyl (C=O) groups excluding carboxylic acids is 1. The molecule has 0 bridgehead atoms. The molecule has 0 radical (unpaired) electrons. The molecule has 21 heavy (non-hydrogen) atoms. The smallest absolute Gasteiger partial charge is 0.270 e. The lowest BCUT2D eigenvalue weighted by molar-refractivity contribution is 0.107. The number of para-hydroxylation sites is 1. The van der Waals surface area contributed by atoms with Crippen LogP contribution in [0.2, 0.25) is 5.02 Å². The predicted octanol–water partition coefficient (Wildman–Crippen LogP) is 4.57. The van der Waals surface area contributed by atoms with Gasteiger partial charge in [-0.2, -0.15) is 5.10 Å². The van der Waals surface area contributed by atoms with Crippen molar-refractivity contribution in [1.29, 1.82) is 0 Å². The SMILES string of the molecule is O=C(Cl)c1cc(-c2ccc(Cl)cc2)nn1-c1ccccc1. The summed E-state index contributed by atoms with van der Waals surface area (Å²) in [5, 5.41) is 4.57. The Labute approximate surface area is 131 Å². The first-order chi connectivity index (χ1) is 10.1. The number of carbonyl (C=O) groups is 1. The quantitative estimate of drug-likeness (QED) is 0.663. The van der Waals surface area contributed by atoms with Gasteiger partial charge >= 0.3 is 0 Å². The Balaban J connectivity index is 2.13. The van der Waals surface area contributed by atoms with Crippen molar-refractivity contribution in [3.63, 3.8) is 0 Å². The fourth-order valence-corrected chi connectivity index (χ4v) is 2.31. The van der Waals surface area contributed by atoms with Crippen LogP contribution in [0.1, 0.15) is 10.5 Å². The van der Waals surface area contributed by atoms with Crippen LogP contribution in [0, 0.1) is 0 Å². The molecule has 0 spiro atoms. The van der Waals surface area contributed by atoms with Crippen molar-refractivity contribution in [2.45, 2.75) is 0 Å². The van der Waals surface area contributed by atoms with Crippen LogP contribution in [0.25, 0.3) is 16.9 Å². The second-order valence-electron chi connectivity index (χ2n) is 4.44. The Morgan fingerprint density at radius 3 is 2.29 bits per heavy atom. The third kappa shape index (κ3) is 2.84. The number of benzene rings is 2. The highest BCUT2D eigenvalue weighted by Gasteiger charge is 2.15. The van der Waals surface area contributed by atoms with Gasteiger partial charge in [-0.05, 0) is 41.9 Å². The van der Waals surface area contributed by atoms with Gasteiger partial charge in [-0.15, -0.1) is 0 Å². The van der Waals surface area contributed by atoms with E-state index in [1.165, 1.54) is 0 Å². The topological polar surface area (TPSA) is 34.9 Å². The number of aromatic nitrogens is 2. The molecule has 0 aliphatic rings. The summed E-state index contributed by atoms with van der Waals surface area (Å²) in [5.74, 6) is 0. The minimum Gasteiger partial charge on any atom is -0.274 e. The molecular formula is C16H10Cl2N2O. The van der Waals surface area contributed by atoms with E-state index in [9.17, 15) is 4.79 Å². The van der Waals surface area contributed by atoms with Gasteiger partial charge in [0.25, 0.3) is 5.24 Å². The molecule has 104 valence electrons. The highest BCUT2D eigenvalue weighted by molar-refractivity contribution is 6.67. The van der Waals surface area contributed by atoms with Gasteiger partial charge in [0.2, 0.25) is 0 Å². The van der Waals surface area contributed by atoms with Crippen LogP contribution in [0.15, 0.2) is 60.7 Å². The molecule has 1 heterocycles. The molecule has 1 aromatic heterocycles. The first-order valence-corrected chi connectivity index (χ1v) is 7.02. The summed E-state index contributed by atoms with van der Waals surface area (Å²) in [7, 11) is 0. The van der Waals surface area contributed by atoms with Gasteiger partial charge in [0, 0.05) is 10.6 Å². The molecule has 3 rings (SSSR count). The lowest BCUT2D eigenvalue weighted by atomic mass is 10.1. The maximum Gasteiger partial charge on any atom is 0.270 e. The maximum atomic E-state index is 11.6. The first-order valence-electron chi connectivity index (χ1n) is 6.26. The fourth-order valence-electron chi connectivity index (χ4n) is 2.05. The van der Waals surface area contributed by atoms with E-state index in [4.69, 9.17) is 23.2 Å². The third-order valence-corrected chi connectivity index (χ3v) is 3.50. The van der Waals surface area contributed by atoms with Crippen molar-refractivity contribution >= 4 is 28.4 Å². The molecule has 0 aliphatic heterocycles. The summed E-state index contributed by atoms with van der Waals surface area (Å²) in [4.78, 5) is 11.6. The fraction of sp³-hybridized carbons (Fsp3) is 0. The largest absolute Gasteiger partial charge is 0.274 e. The van der Waals surface area contributed by atoms with Crippen molar-refractivity contribution in [2.24, 2.45) is 0 Å². The Bertz CT molecular complexity index is 780. The molecule has 0 atom stereocenters. The minimum absolute atomic E-state index is 0.327. The molecule has 5 heteroatoms. The van der Waals surface area contributed by atoms with Crippen molar-refractivity contribution < 1.29 is 4.79 Å². The van der Waals surface area contributed by atoms with E-state index < -0.39 is 5.24 Å². The zero-order chi connectivity index (χ0) is 14.8. The van der Waals surface area contributed by atoms with Crippen LogP contribution in [-0.2, 0) is 0 Å². The summed E-state index contributed by atoms with van der Waals surface area (Å²) >= 11 is 11.5. The summed E-state index contributed by atoms with van der Waals surface area (Å²) in [6.45, 7) is 0. The average Bonchev–Trinajstić information content (AvgIpc) is 2.94. The van der Waals surface area contributed by atoms with Crippen molar-refractivity contribution in [3.05, 3.63) is 71.4 Å². The zero-order valence-electron chi connectivity index (χ0n) is 10.8. The average molecular weight is 317 g/mol. The summed E-state index contributed by atoms with van der Waals surface area (Å²) in [6, 6.07) is 18.3. The van der Waals surface area contributed by atoms with Gasteiger partial charge in [-0.1, -0.05) is 41.9 Å². The van der Waals surface area contributed by atoms with Crippen LogP contribution < -0.4 is 0 Å². The molecule has 0 amide bonds. The standard InChI is InChI=1S/C16H10Cl2N2O/c17-12-8-6-11(7-9-12)14-10-15(16(18)21)20(19-14)13-4-2-1-3-5-13/h1-10H. The lowest BCUT2D eigenvalue weighted by Crippen LogP contribution is -2.04. The molecule has 0 fully saturated rings. The van der Waals surface area contributed by atoms with E-state index in [1.54, 1.807) is 22.9 Å². The Morgan fingerprint density at radius 2 is 1.67 bits per heavy atom. The highest BCUT2D eigenvalue weighted by Crippen LogP contribution is 2.24. The van der Waals surface area contributed by atoms with E-state index in [0.717, 1.165) is 11.3 Å². The first kappa shape index (κ1) is 13.9. The number of halogens is 2. The highest BCUT2D eigenvalue weighted by atomic mass is 35.5. The molecule has 0 N–H and O–H groups in total. The summed E-state index contributed by atoms with van der Waals surface area (Å²) in [6.07, 6.45) is 0. The number of hydrogen-bond donors (Lipinski definition) is 0. The van der Waals surface area contributed by atoms with Gasteiger partial charge in [0.1, 0.15) is 5.69 Å². The predicted molar refractivity (Wildman–Crippen MR) is 84.2 cm³/mol. The van der Waals surface area contributed by atoms with Crippen LogP contribution in [0.4, 0.5) is 0 Å². The van der Waals surface area contributed by atoms with E-state index in [2.05, 4.69) is 5.10 Å². The Morgan fingerprint density at radius 1 is 1.00 bits per heavy atom. The number of hydrogen-bond acceptors (Lipinski definition) is 2. The molecule has 3 aromatic rings. The second-order valence-corrected chi connectivity index (χ2v) is 5.22. The monoisotopic (exact) mass is 316 g/mol. The summed E-state index contributed by atoms with van der Waals surface area (Å²) < 4.78 is 1.54. The van der Waals surface area contributed by atoms with E-state index in [1.807, 2.05) is 42.5 Å². The van der Waals surface area contributed by atoms with Crippen molar-refractivity contribution in [1.82, 2.24) is 9.78 Å². The molecule has 0 aliphatic carbocycles. The molecule has 0 saturated carbocycles. The van der Waals surface area contributed by atoms with Crippen LogP contribution in [-0.4, -0.2) is 15.0 Å².